The Kier molecular flexibility index (Phi) is 3.47. The Bertz CT molecular complexity index is 314. The molecule has 0 saturated heterocycles. The molecule has 0 spiro atoms. The number of rotatable bonds is 3. The van der Waals surface area contributed by atoms with E-state index < -0.39 is 17.6 Å². The van der Waals surface area contributed by atoms with Gasteiger partial charge < -0.3 is 14.9 Å². The van der Waals surface area contributed by atoms with E-state index >= 15 is 0 Å². The summed E-state index contributed by atoms with van der Waals surface area (Å²) in [7, 11) is 0. The molecule has 0 aromatic carbocycles. The van der Waals surface area contributed by atoms with Crippen LogP contribution in [0.3, 0.4) is 0 Å². The van der Waals surface area contributed by atoms with Gasteiger partial charge in [0.05, 0.1) is 6.20 Å². The van der Waals surface area contributed by atoms with Crippen molar-refractivity contribution in [1.29, 1.82) is 0 Å². The van der Waals surface area contributed by atoms with Gasteiger partial charge >= 0.3 is 5.97 Å². The van der Waals surface area contributed by atoms with Gasteiger partial charge in [0, 0.05) is 6.42 Å². The Balaban J connectivity index is 2.47. The fraction of sp³-hybridized carbons (Fsp3) is 0.600. The van der Waals surface area contributed by atoms with Gasteiger partial charge in [-0.25, -0.2) is 4.98 Å². The molecule has 1 aromatic heterocycles. The Morgan fingerprint density at radius 2 is 2.33 bits per heavy atom. The van der Waals surface area contributed by atoms with Crippen LogP contribution in [-0.4, -0.2) is 22.6 Å². The summed E-state index contributed by atoms with van der Waals surface area (Å²) in [4.78, 5) is 15.2. The quantitative estimate of drug-likeness (QED) is 0.752. The Labute approximate surface area is 88.6 Å². The van der Waals surface area contributed by atoms with Gasteiger partial charge in [-0.3, -0.25) is 4.79 Å². The lowest BCUT2D eigenvalue weighted by atomic mass is 10.1. The van der Waals surface area contributed by atoms with E-state index in [4.69, 9.17) is 14.9 Å². The molecule has 0 saturated carbocycles. The van der Waals surface area contributed by atoms with E-state index in [0.717, 1.165) is 0 Å². The highest BCUT2D eigenvalue weighted by Gasteiger charge is 2.23. The summed E-state index contributed by atoms with van der Waals surface area (Å²) in [5, 5.41) is 0. The molecular formula is C10H16N2O3. The largest absolute Gasteiger partial charge is 0.459 e. The van der Waals surface area contributed by atoms with Gasteiger partial charge in [-0.05, 0) is 20.8 Å². The van der Waals surface area contributed by atoms with Crippen LogP contribution in [0.25, 0.3) is 0 Å². The molecule has 84 valence electrons. The second-order valence-corrected chi connectivity index (χ2v) is 4.31. The van der Waals surface area contributed by atoms with Crippen molar-refractivity contribution < 1.29 is 13.9 Å². The maximum atomic E-state index is 11.5. The number of hydrogen-bond acceptors (Lipinski definition) is 5. The Morgan fingerprint density at radius 1 is 1.67 bits per heavy atom. The smallest absolute Gasteiger partial charge is 0.323 e. The van der Waals surface area contributed by atoms with Crippen molar-refractivity contribution in [3.05, 3.63) is 18.4 Å². The molecule has 0 aliphatic rings. The topological polar surface area (TPSA) is 78.4 Å². The van der Waals surface area contributed by atoms with E-state index in [0.29, 0.717) is 12.2 Å². The Hall–Kier alpha value is -1.36. The second kappa shape index (κ2) is 4.44. The van der Waals surface area contributed by atoms with Crippen LogP contribution in [0.4, 0.5) is 0 Å². The average molecular weight is 212 g/mol. The number of ether oxygens (including phenoxy) is 1. The predicted octanol–water partition coefficient (Wildman–Crippen LogP) is 0.886. The first-order chi connectivity index (χ1) is 6.88. The number of hydrogen-bond donors (Lipinski definition) is 1. The summed E-state index contributed by atoms with van der Waals surface area (Å²) in [6.07, 6.45) is 3.14. The van der Waals surface area contributed by atoms with Crippen molar-refractivity contribution in [2.45, 2.75) is 38.8 Å². The van der Waals surface area contributed by atoms with Crippen LogP contribution in [-0.2, 0) is 16.0 Å². The summed E-state index contributed by atoms with van der Waals surface area (Å²) in [5.41, 5.74) is 5.14. The minimum absolute atomic E-state index is 0.301. The van der Waals surface area contributed by atoms with Crippen LogP contribution >= 0.6 is 0 Å². The first-order valence-corrected chi connectivity index (χ1v) is 4.74. The van der Waals surface area contributed by atoms with Gasteiger partial charge in [0.25, 0.3) is 0 Å². The molecule has 0 aliphatic heterocycles. The molecule has 5 nitrogen and oxygen atoms in total. The molecule has 1 aromatic rings. The first-order valence-electron chi connectivity index (χ1n) is 4.74. The van der Waals surface area contributed by atoms with Gasteiger partial charge in [-0.1, -0.05) is 0 Å². The summed E-state index contributed by atoms with van der Waals surface area (Å²) >= 11 is 0. The lowest BCUT2D eigenvalue weighted by Gasteiger charge is -2.21. The van der Waals surface area contributed by atoms with Gasteiger partial charge in [-0.15, -0.1) is 0 Å². The number of nitrogens with two attached hydrogens (primary N) is 1. The molecule has 0 radical (unpaired) electrons. The van der Waals surface area contributed by atoms with Crippen molar-refractivity contribution in [3.63, 3.8) is 0 Å². The van der Waals surface area contributed by atoms with Crippen molar-refractivity contribution in [2.75, 3.05) is 0 Å². The molecule has 1 unspecified atom stereocenters. The Morgan fingerprint density at radius 3 is 2.80 bits per heavy atom. The molecule has 1 rings (SSSR count). The molecule has 0 fully saturated rings. The van der Waals surface area contributed by atoms with Crippen LogP contribution in [0.1, 0.15) is 26.5 Å². The third-order valence-corrected chi connectivity index (χ3v) is 1.61. The van der Waals surface area contributed by atoms with Crippen LogP contribution in [0, 0.1) is 0 Å². The maximum Gasteiger partial charge on any atom is 0.323 e. The number of aromatic nitrogens is 1. The van der Waals surface area contributed by atoms with Crippen LogP contribution in [0.5, 0.6) is 0 Å². The van der Waals surface area contributed by atoms with Crippen LogP contribution in [0.15, 0.2) is 17.0 Å². The first kappa shape index (κ1) is 11.7. The molecule has 0 aliphatic carbocycles. The maximum absolute atomic E-state index is 11.5. The van der Waals surface area contributed by atoms with Crippen LogP contribution < -0.4 is 5.73 Å². The monoisotopic (exact) mass is 212 g/mol. The second-order valence-electron chi connectivity index (χ2n) is 4.31. The zero-order valence-corrected chi connectivity index (χ0v) is 9.19. The number of carbonyl (C=O) groups is 1. The molecular weight excluding hydrogens is 196 g/mol. The number of esters is 1. The van der Waals surface area contributed by atoms with Crippen LogP contribution in [0.2, 0.25) is 0 Å². The molecule has 15 heavy (non-hydrogen) atoms. The van der Waals surface area contributed by atoms with Gasteiger partial charge in [0.2, 0.25) is 0 Å². The molecule has 1 atom stereocenters. The van der Waals surface area contributed by atoms with E-state index in [1.165, 1.54) is 12.6 Å². The summed E-state index contributed by atoms with van der Waals surface area (Å²) < 4.78 is 10.1. The average Bonchev–Trinajstić information content (AvgIpc) is 2.53. The highest BCUT2D eigenvalue weighted by atomic mass is 16.6. The van der Waals surface area contributed by atoms with Crippen molar-refractivity contribution in [2.24, 2.45) is 5.73 Å². The highest BCUT2D eigenvalue weighted by Crippen LogP contribution is 2.09. The lowest BCUT2D eigenvalue weighted by molar-refractivity contribution is -0.156. The third-order valence-electron chi connectivity index (χ3n) is 1.61. The third kappa shape index (κ3) is 4.12. The van der Waals surface area contributed by atoms with Gasteiger partial charge in [0.15, 0.2) is 6.39 Å². The number of oxazole rings is 1. The van der Waals surface area contributed by atoms with Gasteiger partial charge in [0.1, 0.15) is 17.4 Å². The normalized spacial score (nSPS) is 13.6. The zero-order chi connectivity index (χ0) is 11.5. The molecule has 1 heterocycles. The number of nitrogens with zero attached hydrogens (tertiary/aromatic N) is 1. The lowest BCUT2D eigenvalue weighted by Crippen LogP contribution is -2.38. The SMILES string of the molecule is CC(C)(C)OC(=O)C(N)Cc1cnco1. The van der Waals surface area contributed by atoms with E-state index in [2.05, 4.69) is 4.98 Å². The van der Waals surface area contributed by atoms with E-state index in [-0.39, 0.29) is 0 Å². The highest BCUT2D eigenvalue weighted by molar-refractivity contribution is 5.76. The minimum atomic E-state index is -0.711. The van der Waals surface area contributed by atoms with E-state index in [1.807, 2.05) is 0 Å². The minimum Gasteiger partial charge on any atom is -0.459 e. The standard InChI is InChI=1S/C10H16N2O3/c1-10(2,3)15-9(13)8(11)4-7-5-12-6-14-7/h5-6,8H,4,11H2,1-3H3. The summed E-state index contributed by atoms with van der Waals surface area (Å²) in [6.45, 7) is 5.39. The summed E-state index contributed by atoms with van der Waals surface area (Å²) in [5.74, 6) is 0.146. The van der Waals surface area contributed by atoms with Crippen molar-refractivity contribution in [1.82, 2.24) is 4.98 Å². The van der Waals surface area contributed by atoms with E-state index in [1.54, 1.807) is 20.8 Å². The molecule has 0 amide bonds. The molecule has 5 heteroatoms. The predicted molar refractivity (Wildman–Crippen MR) is 54.0 cm³/mol. The number of carbonyl (C=O) groups excluding carboxylic acids is 1. The molecule has 2 N–H and O–H groups in total. The fourth-order valence-corrected chi connectivity index (χ4v) is 1.02. The van der Waals surface area contributed by atoms with Gasteiger partial charge in [-0.2, -0.15) is 0 Å². The van der Waals surface area contributed by atoms with Crippen molar-refractivity contribution in [3.8, 4) is 0 Å². The van der Waals surface area contributed by atoms with E-state index in [9.17, 15) is 4.79 Å². The summed E-state index contributed by atoms with van der Waals surface area (Å²) in [6, 6.07) is -0.711. The zero-order valence-electron chi connectivity index (χ0n) is 9.19. The molecule has 0 bridgehead atoms. The fourth-order valence-electron chi connectivity index (χ4n) is 1.02. The van der Waals surface area contributed by atoms with Crippen molar-refractivity contribution >= 4 is 5.97 Å².